The molecule has 14 rings (SSSR count). The number of benzene rings is 11. The zero-order valence-electron chi connectivity index (χ0n) is 37.7. The van der Waals surface area contributed by atoms with Crippen molar-refractivity contribution in [3.63, 3.8) is 0 Å². The highest BCUT2D eigenvalue weighted by Gasteiger charge is 2.50. The summed E-state index contributed by atoms with van der Waals surface area (Å²) in [5, 5.41) is 0. The number of anilines is 3. The summed E-state index contributed by atoms with van der Waals surface area (Å²) in [4.78, 5) is 2.35. The second-order valence-electron chi connectivity index (χ2n) is 18.3. The van der Waals surface area contributed by atoms with Crippen LogP contribution in [0.25, 0.3) is 77.9 Å². The molecular formula is C67H43NO. The summed E-state index contributed by atoms with van der Waals surface area (Å²) in [6.07, 6.45) is 0. The van der Waals surface area contributed by atoms with Crippen LogP contribution in [0.4, 0.5) is 17.1 Å². The summed E-state index contributed by atoms with van der Waals surface area (Å²) < 4.78 is 7.10. The van der Waals surface area contributed by atoms with Crippen molar-refractivity contribution in [1.82, 2.24) is 0 Å². The van der Waals surface area contributed by atoms with Gasteiger partial charge < -0.3 is 9.64 Å². The minimum atomic E-state index is -0.543. The van der Waals surface area contributed by atoms with Crippen molar-refractivity contribution in [3.8, 4) is 89.4 Å². The zero-order valence-corrected chi connectivity index (χ0v) is 37.7. The van der Waals surface area contributed by atoms with Gasteiger partial charge in [0.05, 0.1) is 11.1 Å². The Labute approximate surface area is 402 Å². The van der Waals surface area contributed by atoms with Gasteiger partial charge in [0.15, 0.2) is 5.75 Å². The van der Waals surface area contributed by atoms with E-state index in [1.165, 1.54) is 72.3 Å². The summed E-state index contributed by atoms with van der Waals surface area (Å²) in [6, 6.07) is 95.5. The van der Waals surface area contributed by atoms with Crippen molar-refractivity contribution < 1.29 is 4.74 Å². The van der Waals surface area contributed by atoms with Gasteiger partial charge in [-0.2, -0.15) is 0 Å². The van der Waals surface area contributed by atoms with Crippen LogP contribution in [0.5, 0.6) is 11.5 Å². The molecule has 322 valence electrons. The third kappa shape index (κ3) is 5.86. The van der Waals surface area contributed by atoms with E-state index in [0.717, 1.165) is 56.4 Å². The van der Waals surface area contributed by atoms with Gasteiger partial charge in [-0.3, -0.25) is 0 Å². The fraction of sp³-hybridized carbons (Fsp3) is 0.0149. The van der Waals surface area contributed by atoms with Gasteiger partial charge in [-0.1, -0.05) is 224 Å². The molecule has 0 aromatic heterocycles. The predicted octanol–water partition coefficient (Wildman–Crippen LogP) is 17.9. The first-order valence-electron chi connectivity index (χ1n) is 23.8. The highest BCUT2D eigenvalue weighted by Crippen LogP contribution is 2.63. The quantitative estimate of drug-likeness (QED) is 0.171. The summed E-state index contributed by atoms with van der Waals surface area (Å²) in [5.74, 6) is 1.66. The van der Waals surface area contributed by atoms with E-state index in [1.807, 2.05) is 0 Å². The molecule has 0 saturated carbocycles. The van der Waals surface area contributed by atoms with E-state index >= 15 is 0 Å². The standard InChI is InChI=1S/C67H43NO/c1-2-18-44(19-3-1)45-36-40-47(41-37-45)68(63-34-17-29-57-53-23-7-6-22-52(53)56-26-11-15-35-64(56)69-66(57)63)48-42-38-46(39-43-48)49-28-16-33-62-65(49)58-27-10-14-32-61(58)67(62)59-30-12-8-24-54(59)50-20-4-5-21-51(50)55-25-9-13-31-60(55)67/h1-43H. The number of para-hydroxylation sites is 2. The van der Waals surface area contributed by atoms with Gasteiger partial charge in [0.2, 0.25) is 0 Å². The maximum Gasteiger partial charge on any atom is 0.159 e. The van der Waals surface area contributed by atoms with E-state index in [9.17, 15) is 0 Å². The van der Waals surface area contributed by atoms with Gasteiger partial charge in [0.25, 0.3) is 0 Å². The molecule has 69 heavy (non-hydrogen) atoms. The molecular weight excluding hydrogens is 835 g/mol. The molecule has 1 aliphatic heterocycles. The number of hydrogen-bond donors (Lipinski definition) is 0. The predicted molar refractivity (Wildman–Crippen MR) is 285 cm³/mol. The van der Waals surface area contributed by atoms with Crippen LogP contribution in [-0.2, 0) is 5.41 Å². The lowest BCUT2D eigenvalue weighted by Crippen LogP contribution is -2.29. The summed E-state index contributed by atoms with van der Waals surface area (Å²) >= 11 is 0. The van der Waals surface area contributed by atoms with E-state index in [1.54, 1.807) is 0 Å². The molecule has 3 aliphatic rings. The molecule has 0 amide bonds. The van der Waals surface area contributed by atoms with Gasteiger partial charge in [-0.05, 0) is 125 Å². The Morgan fingerprint density at radius 2 is 0.667 bits per heavy atom. The van der Waals surface area contributed by atoms with Crippen LogP contribution in [0.3, 0.4) is 0 Å². The molecule has 0 bridgehead atoms. The van der Waals surface area contributed by atoms with E-state index < -0.39 is 5.41 Å². The van der Waals surface area contributed by atoms with Crippen LogP contribution in [0, 0.1) is 0 Å². The lowest BCUT2D eigenvalue weighted by Gasteiger charge is -2.35. The molecule has 11 aromatic carbocycles. The van der Waals surface area contributed by atoms with Crippen molar-refractivity contribution in [2.24, 2.45) is 0 Å². The number of fused-ring (bicyclic) bond motifs is 17. The van der Waals surface area contributed by atoms with Crippen molar-refractivity contribution in [2.75, 3.05) is 4.90 Å². The van der Waals surface area contributed by atoms with E-state index in [4.69, 9.17) is 4.74 Å². The molecule has 2 nitrogen and oxygen atoms in total. The van der Waals surface area contributed by atoms with Gasteiger partial charge in [-0.15, -0.1) is 0 Å². The van der Waals surface area contributed by atoms with Crippen molar-refractivity contribution >= 4 is 17.1 Å². The van der Waals surface area contributed by atoms with Crippen molar-refractivity contribution in [2.45, 2.75) is 5.41 Å². The third-order valence-corrected chi connectivity index (χ3v) is 14.7. The SMILES string of the molecule is c1ccc(-c2ccc(N(c3ccc(-c4cccc5c4-c4ccccc4C54c5ccccc5-c5ccccc5-c5ccccc54)cc3)c3cccc4c3Oc3ccccc3-c3ccccc3-4)cc2)cc1. The topological polar surface area (TPSA) is 12.5 Å². The zero-order chi connectivity index (χ0) is 45.5. The van der Waals surface area contributed by atoms with Gasteiger partial charge in [-0.25, -0.2) is 0 Å². The molecule has 0 unspecified atom stereocenters. The molecule has 0 atom stereocenters. The Morgan fingerprint density at radius 3 is 1.29 bits per heavy atom. The smallest absolute Gasteiger partial charge is 0.159 e. The van der Waals surface area contributed by atoms with Crippen molar-refractivity contribution in [1.29, 1.82) is 0 Å². The fourth-order valence-electron chi connectivity index (χ4n) is 11.8. The Balaban J connectivity index is 0.956. The summed E-state index contributed by atoms with van der Waals surface area (Å²) in [5.41, 5.74) is 24.5. The van der Waals surface area contributed by atoms with Crippen LogP contribution in [0.1, 0.15) is 22.3 Å². The van der Waals surface area contributed by atoms with Gasteiger partial charge in [0, 0.05) is 22.5 Å². The van der Waals surface area contributed by atoms with Crippen molar-refractivity contribution in [3.05, 3.63) is 283 Å². The first kappa shape index (κ1) is 39.2. The lowest BCUT2D eigenvalue weighted by atomic mass is 9.66. The van der Waals surface area contributed by atoms with Gasteiger partial charge in [0.1, 0.15) is 5.75 Å². The number of ether oxygens (including phenoxy) is 1. The Morgan fingerprint density at radius 1 is 0.261 bits per heavy atom. The molecule has 2 heteroatoms. The average Bonchev–Trinajstić information content (AvgIpc) is 3.57. The minimum absolute atomic E-state index is 0.543. The number of nitrogens with zero attached hydrogens (tertiary/aromatic N) is 1. The molecule has 0 fully saturated rings. The Hall–Kier alpha value is -8.98. The maximum atomic E-state index is 7.10. The largest absolute Gasteiger partial charge is 0.454 e. The maximum absolute atomic E-state index is 7.10. The first-order valence-corrected chi connectivity index (χ1v) is 23.8. The van der Waals surface area contributed by atoms with E-state index in [0.29, 0.717) is 0 Å². The molecule has 2 aliphatic carbocycles. The highest BCUT2D eigenvalue weighted by molar-refractivity contribution is 6.01. The van der Waals surface area contributed by atoms with Crippen LogP contribution < -0.4 is 9.64 Å². The second kappa shape index (κ2) is 15.6. The molecule has 1 spiro atoms. The molecule has 11 aromatic rings. The number of rotatable bonds is 5. The summed E-state index contributed by atoms with van der Waals surface area (Å²) in [7, 11) is 0. The van der Waals surface area contributed by atoms with Gasteiger partial charge >= 0.3 is 0 Å². The van der Waals surface area contributed by atoms with E-state index in [2.05, 4.69) is 266 Å². The molecule has 0 N–H and O–H groups in total. The normalized spacial score (nSPS) is 12.9. The molecule has 0 radical (unpaired) electrons. The van der Waals surface area contributed by atoms with Crippen LogP contribution in [0.2, 0.25) is 0 Å². The van der Waals surface area contributed by atoms with Crippen LogP contribution >= 0.6 is 0 Å². The Bertz CT molecular complexity index is 3740. The fourth-order valence-corrected chi connectivity index (χ4v) is 11.8. The number of hydrogen-bond acceptors (Lipinski definition) is 2. The average molecular weight is 878 g/mol. The summed E-state index contributed by atoms with van der Waals surface area (Å²) in [6.45, 7) is 0. The monoisotopic (exact) mass is 877 g/mol. The highest BCUT2D eigenvalue weighted by atomic mass is 16.5. The van der Waals surface area contributed by atoms with Crippen LogP contribution in [0.15, 0.2) is 261 Å². The molecule has 1 heterocycles. The second-order valence-corrected chi connectivity index (χ2v) is 18.3. The first-order chi connectivity index (χ1) is 34.3. The minimum Gasteiger partial charge on any atom is -0.454 e. The van der Waals surface area contributed by atoms with Crippen LogP contribution in [-0.4, -0.2) is 0 Å². The lowest BCUT2D eigenvalue weighted by molar-refractivity contribution is 0.489. The Kier molecular flexibility index (Phi) is 8.84. The van der Waals surface area contributed by atoms with E-state index in [-0.39, 0.29) is 0 Å². The molecule has 0 saturated heterocycles. The third-order valence-electron chi connectivity index (χ3n) is 14.7.